The topological polar surface area (TPSA) is 57.5 Å². The average molecular weight is 186 g/mol. The lowest BCUT2D eigenvalue weighted by Gasteiger charge is -2.33. The van der Waals surface area contributed by atoms with Gasteiger partial charge in [0, 0.05) is 0 Å². The van der Waals surface area contributed by atoms with Crippen LogP contribution in [0.3, 0.4) is 0 Å². The van der Waals surface area contributed by atoms with Crippen LogP contribution in [0.25, 0.3) is 0 Å². The summed E-state index contributed by atoms with van der Waals surface area (Å²) in [4.78, 5) is 10.7. The van der Waals surface area contributed by atoms with Crippen molar-refractivity contribution in [3.8, 4) is 0 Å². The van der Waals surface area contributed by atoms with Crippen molar-refractivity contribution in [2.45, 2.75) is 45.1 Å². The zero-order chi connectivity index (χ0) is 10.1. The Balaban J connectivity index is 2.67. The Morgan fingerprint density at radius 3 is 2.31 bits per heavy atom. The summed E-state index contributed by atoms with van der Waals surface area (Å²) in [5, 5.41) is 18.9. The van der Waals surface area contributed by atoms with Crippen molar-refractivity contribution in [1.82, 2.24) is 0 Å². The van der Waals surface area contributed by atoms with E-state index in [0.29, 0.717) is 0 Å². The van der Waals surface area contributed by atoms with E-state index in [0.717, 1.165) is 25.7 Å². The summed E-state index contributed by atoms with van der Waals surface area (Å²) in [5.74, 6) is -1.41. The summed E-state index contributed by atoms with van der Waals surface area (Å²) in [6.07, 6.45) is 4.16. The Morgan fingerprint density at radius 1 is 1.46 bits per heavy atom. The largest absolute Gasteiger partial charge is 0.481 e. The van der Waals surface area contributed by atoms with E-state index in [9.17, 15) is 9.90 Å². The molecule has 2 atom stereocenters. The zero-order valence-electron chi connectivity index (χ0n) is 8.29. The van der Waals surface area contributed by atoms with Crippen molar-refractivity contribution in [2.75, 3.05) is 0 Å². The third-order valence-corrected chi connectivity index (χ3v) is 3.43. The highest BCUT2D eigenvalue weighted by Crippen LogP contribution is 2.38. The molecule has 3 heteroatoms. The molecule has 2 N–H and O–H groups in total. The number of carbonyl (C=O) groups is 1. The van der Waals surface area contributed by atoms with Gasteiger partial charge in [-0.3, -0.25) is 4.79 Å². The van der Waals surface area contributed by atoms with Gasteiger partial charge in [-0.05, 0) is 32.6 Å². The molecule has 0 amide bonds. The van der Waals surface area contributed by atoms with Crippen LogP contribution in [0.4, 0.5) is 0 Å². The molecule has 0 saturated heterocycles. The summed E-state index contributed by atoms with van der Waals surface area (Å²) in [6.45, 7) is 3.24. The molecule has 1 aliphatic carbocycles. The van der Waals surface area contributed by atoms with E-state index >= 15 is 0 Å². The van der Waals surface area contributed by atoms with E-state index in [1.54, 1.807) is 13.8 Å². The maximum atomic E-state index is 10.7. The summed E-state index contributed by atoms with van der Waals surface area (Å²) in [6, 6.07) is 0. The van der Waals surface area contributed by atoms with Gasteiger partial charge in [-0.1, -0.05) is 12.8 Å². The van der Waals surface area contributed by atoms with Crippen LogP contribution in [0.2, 0.25) is 0 Å². The number of hydrogen-bond donors (Lipinski definition) is 2. The standard InChI is InChI=1S/C10H18O3/c1-7(9(11)12)10(2,13)8-5-3-4-6-8/h7-8,13H,3-6H2,1-2H3,(H,11,12). The molecule has 2 unspecified atom stereocenters. The molecule has 1 saturated carbocycles. The van der Waals surface area contributed by atoms with Crippen molar-refractivity contribution in [3.05, 3.63) is 0 Å². The molecule has 0 aromatic carbocycles. The second-order valence-corrected chi connectivity index (χ2v) is 4.27. The van der Waals surface area contributed by atoms with Crippen molar-refractivity contribution < 1.29 is 15.0 Å². The normalized spacial score (nSPS) is 25.5. The molecule has 76 valence electrons. The van der Waals surface area contributed by atoms with Gasteiger partial charge in [0.15, 0.2) is 0 Å². The minimum atomic E-state index is -1.04. The second kappa shape index (κ2) is 3.66. The first-order valence-electron chi connectivity index (χ1n) is 4.91. The molecule has 0 heterocycles. The summed E-state index contributed by atoms with van der Waals surface area (Å²) in [5.41, 5.74) is -1.04. The van der Waals surface area contributed by atoms with Crippen LogP contribution in [0.15, 0.2) is 0 Å². The molecular formula is C10H18O3. The van der Waals surface area contributed by atoms with Gasteiger partial charge in [0.25, 0.3) is 0 Å². The predicted molar refractivity (Wildman–Crippen MR) is 49.4 cm³/mol. The first-order chi connectivity index (χ1) is 5.96. The van der Waals surface area contributed by atoms with E-state index in [1.165, 1.54) is 0 Å². The van der Waals surface area contributed by atoms with Gasteiger partial charge in [0.2, 0.25) is 0 Å². The SMILES string of the molecule is CC(C(=O)O)C(C)(O)C1CCCC1. The third kappa shape index (κ3) is 2.02. The quantitative estimate of drug-likeness (QED) is 0.704. The number of aliphatic hydroxyl groups is 1. The Hall–Kier alpha value is -0.570. The van der Waals surface area contributed by atoms with Crippen LogP contribution in [0, 0.1) is 11.8 Å². The van der Waals surface area contributed by atoms with Gasteiger partial charge in [-0.15, -0.1) is 0 Å². The lowest BCUT2D eigenvalue weighted by Crippen LogP contribution is -2.43. The van der Waals surface area contributed by atoms with Gasteiger partial charge in [-0.25, -0.2) is 0 Å². The van der Waals surface area contributed by atoms with Crippen molar-refractivity contribution in [3.63, 3.8) is 0 Å². The molecular weight excluding hydrogens is 168 g/mol. The number of hydrogen-bond acceptors (Lipinski definition) is 2. The van der Waals surface area contributed by atoms with Crippen LogP contribution in [0.5, 0.6) is 0 Å². The van der Waals surface area contributed by atoms with E-state index < -0.39 is 17.5 Å². The van der Waals surface area contributed by atoms with Crippen molar-refractivity contribution in [2.24, 2.45) is 11.8 Å². The monoisotopic (exact) mass is 186 g/mol. The van der Waals surface area contributed by atoms with Crippen molar-refractivity contribution >= 4 is 5.97 Å². The Kier molecular flexibility index (Phi) is 2.96. The first kappa shape index (κ1) is 10.5. The molecule has 13 heavy (non-hydrogen) atoms. The van der Waals surface area contributed by atoms with Gasteiger partial charge in [-0.2, -0.15) is 0 Å². The van der Waals surface area contributed by atoms with Gasteiger partial charge >= 0.3 is 5.97 Å². The van der Waals surface area contributed by atoms with Crippen LogP contribution in [0.1, 0.15) is 39.5 Å². The van der Waals surface area contributed by atoms with E-state index in [4.69, 9.17) is 5.11 Å². The van der Waals surface area contributed by atoms with E-state index in [-0.39, 0.29) is 5.92 Å². The minimum absolute atomic E-state index is 0.165. The number of aliphatic carboxylic acids is 1. The van der Waals surface area contributed by atoms with Crippen LogP contribution < -0.4 is 0 Å². The molecule has 1 rings (SSSR count). The molecule has 0 radical (unpaired) electrons. The molecule has 0 bridgehead atoms. The Bertz CT molecular complexity index is 192. The van der Waals surface area contributed by atoms with E-state index in [2.05, 4.69) is 0 Å². The highest BCUT2D eigenvalue weighted by molar-refractivity contribution is 5.71. The maximum Gasteiger partial charge on any atom is 0.309 e. The van der Waals surface area contributed by atoms with Crippen LogP contribution in [-0.4, -0.2) is 21.8 Å². The van der Waals surface area contributed by atoms with Gasteiger partial charge in [0.1, 0.15) is 0 Å². The molecule has 0 spiro atoms. The van der Waals surface area contributed by atoms with Gasteiger partial charge < -0.3 is 10.2 Å². The number of rotatable bonds is 3. The fourth-order valence-electron chi connectivity index (χ4n) is 2.11. The highest BCUT2D eigenvalue weighted by atomic mass is 16.4. The maximum absolute atomic E-state index is 10.7. The summed E-state index contributed by atoms with van der Waals surface area (Å²) in [7, 11) is 0. The molecule has 3 nitrogen and oxygen atoms in total. The molecule has 0 aromatic rings. The summed E-state index contributed by atoms with van der Waals surface area (Å²) >= 11 is 0. The Labute approximate surface area is 78.8 Å². The van der Waals surface area contributed by atoms with Gasteiger partial charge in [0.05, 0.1) is 11.5 Å². The molecule has 0 aliphatic heterocycles. The zero-order valence-corrected chi connectivity index (χ0v) is 8.29. The highest BCUT2D eigenvalue weighted by Gasteiger charge is 2.41. The number of carboxylic acids is 1. The lowest BCUT2D eigenvalue weighted by atomic mass is 9.78. The molecule has 1 fully saturated rings. The molecule has 1 aliphatic rings. The fourth-order valence-corrected chi connectivity index (χ4v) is 2.11. The Morgan fingerprint density at radius 2 is 1.92 bits per heavy atom. The molecule has 0 aromatic heterocycles. The number of carboxylic acid groups (broad SMARTS) is 1. The fraction of sp³-hybridized carbons (Fsp3) is 0.900. The summed E-state index contributed by atoms with van der Waals surface area (Å²) < 4.78 is 0. The average Bonchev–Trinajstić information content (AvgIpc) is 2.54. The first-order valence-corrected chi connectivity index (χ1v) is 4.91. The predicted octanol–water partition coefficient (Wildman–Crippen LogP) is 1.65. The van der Waals surface area contributed by atoms with E-state index in [1.807, 2.05) is 0 Å². The lowest BCUT2D eigenvalue weighted by molar-refractivity contribution is -0.153. The smallest absolute Gasteiger partial charge is 0.309 e. The van der Waals surface area contributed by atoms with Crippen LogP contribution >= 0.6 is 0 Å². The third-order valence-electron chi connectivity index (χ3n) is 3.43. The second-order valence-electron chi connectivity index (χ2n) is 4.27. The minimum Gasteiger partial charge on any atom is -0.481 e. The van der Waals surface area contributed by atoms with Crippen molar-refractivity contribution in [1.29, 1.82) is 0 Å². The van der Waals surface area contributed by atoms with Crippen LogP contribution in [-0.2, 0) is 4.79 Å².